The first-order chi connectivity index (χ1) is 19.6. The summed E-state index contributed by atoms with van der Waals surface area (Å²) in [5, 5.41) is 4.45. The zero-order chi connectivity index (χ0) is 29.1. The van der Waals surface area contributed by atoms with E-state index in [-0.39, 0.29) is 22.6 Å². The summed E-state index contributed by atoms with van der Waals surface area (Å²) in [5.74, 6) is 0.153. The van der Waals surface area contributed by atoms with Crippen LogP contribution in [0.4, 0.5) is 0 Å². The summed E-state index contributed by atoms with van der Waals surface area (Å²) in [5.41, 5.74) is 4.18. The van der Waals surface area contributed by atoms with Gasteiger partial charge in [0.25, 0.3) is 10.0 Å². The Balaban J connectivity index is 1.37. The highest BCUT2D eigenvalue weighted by Crippen LogP contribution is 2.33. The molecule has 5 rings (SSSR count). The van der Waals surface area contributed by atoms with Gasteiger partial charge in [0, 0.05) is 35.0 Å². The van der Waals surface area contributed by atoms with Crippen LogP contribution in [0.3, 0.4) is 0 Å². The van der Waals surface area contributed by atoms with Gasteiger partial charge in [0.1, 0.15) is 4.21 Å². The van der Waals surface area contributed by atoms with Crippen molar-refractivity contribution in [2.24, 2.45) is 0 Å². The minimum Gasteiger partial charge on any atom is -0.481 e. The number of nitrogens with zero attached hydrogens (tertiary/aromatic N) is 2. The molecule has 2 heterocycles. The maximum absolute atomic E-state index is 13.5. The standard InChI is InChI=1S/C30H33ClN4O4S2/c1-35(2)18-19-7-10-24-20(13-19)5-4-6-25(24)33-28(36)16-26(21-8-12-29(39-3)32-17-21)34-41(37,38)30-15-22-14-23(31)9-11-27(22)40-30/h7-15,17,25-26,34H,4-6,16,18H2,1-3H3,(H,33,36)/t25-,26-/m1/s1. The zero-order valence-electron chi connectivity index (χ0n) is 23.2. The molecule has 4 aromatic rings. The Labute approximate surface area is 249 Å². The molecule has 0 saturated carbocycles. The Morgan fingerprint density at radius 2 is 2.00 bits per heavy atom. The Morgan fingerprint density at radius 1 is 1.17 bits per heavy atom. The summed E-state index contributed by atoms with van der Waals surface area (Å²) in [6, 6.07) is 15.7. The predicted molar refractivity (Wildman–Crippen MR) is 163 cm³/mol. The van der Waals surface area contributed by atoms with Gasteiger partial charge in [0.05, 0.1) is 19.2 Å². The molecule has 216 valence electrons. The van der Waals surface area contributed by atoms with E-state index in [1.165, 1.54) is 24.4 Å². The van der Waals surface area contributed by atoms with Crippen molar-refractivity contribution in [2.75, 3.05) is 21.2 Å². The highest BCUT2D eigenvalue weighted by atomic mass is 35.5. The third-order valence-corrected chi connectivity index (χ3v) is 10.4. The molecule has 8 nitrogen and oxygen atoms in total. The van der Waals surface area contributed by atoms with E-state index in [1.54, 1.807) is 36.4 Å². The fraction of sp³-hybridized carbons (Fsp3) is 0.333. The summed E-state index contributed by atoms with van der Waals surface area (Å²) in [6.07, 6.45) is 4.22. The SMILES string of the molecule is COc1ccc([C@@H](CC(=O)N[C@@H]2CCCc3cc(CN(C)C)ccc32)NS(=O)(=O)c2cc3cc(Cl)ccc3s2)cn1. The third-order valence-electron chi connectivity index (χ3n) is 7.13. The van der Waals surface area contributed by atoms with Crippen molar-refractivity contribution >= 4 is 49.0 Å². The van der Waals surface area contributed by atoms with E-state index in [1.807, 2.05) is 14.1 Å². The number of methoxy groups -OCH3 is 1. The van der Waals surface area contributed by atoms with E-state index in [9.17, 15) is 13.2 Å². The number of benzene rings is 2. The highest BCUT2D eigenvalue weighted by molar-refractivity contribution is 7.91. The molecular weight excluding hydrogens is 580 g/mol. The van der Waals surface area contributed by atoms with Gasteiger partial charge in [-0.2, -0.15) is 0 Å². The van der Waals surface area contributed by atoms with E-state index in [4.69, 9.17) is 16.3 Å². The lowest BCUT2D eigenvalue weighted by Crippen LogP contribution is -2.36. The molecule has 1 aliphatic carbocycles. The van der Waals surface area contributed by atoms with Crippen molar-refractivity contribution in [1.82, 2.24) is 19.9 Å². The topological polar surface area (TPSA) is 101 Å². The maximum atomic E-state index is 13.5. The number of carbonyl (C=O) groups excluding carboxylic acids is 1. The van der Waals surface area contributed by atoms with Crippen LogP contribution in [0.5, 0.6) is 5.88 Å². The summed E-state index contributed by atoms with van der Waals surface area (Å²) in [7, 11) is 1.64. The van der Waals surface area contributed by atoms with E-state index < -0.39 is 16.1 Å². The number of sulfonamides is 1. The van der Waals surface area contributed by atoms with Crippen LogP contribution >= 0.6 is 22.9 Å². The number of amides is 1. The molecule has 2 N–H and O–H groups in total. The van der Waals surface area contributed by atoms with Gasteiger partial charge in [-0.05, 0) is 85.3 Å². The number of halogens is 1. The molecule has 2 atom stereocenters. The molecule has 2 aromatic heterocycles. The minimum atomic E-state index is -3.96. The largest absolute Gasteiger partial charge is 0.481 e. The van der Waals surface area contributed by atoms with Crippen LogP contribution in [-0.2, 0) is 27.8 Å². The predicted octanol–water partition coefficient (Wildman–Crippen LogP) is 5.62. The number of nitrogens with one attached hydrogen (secondary N) is 2. The van der Waals surface area contributed by atoms with Gasteiger partial charge in [0.2, 0.25) is 11.8 Å². The van der Waals surface area contributed by atoms with Gasteiger partial charge in [-0.3, -0.25) is 4.79 Å². The third kappa shape index (κ3) is 7.07. The molecule has 0 spiro atoms. The number of pyridine rings is 1. The van der Waals surface area contributed by atoms with E-state index in [0.717, 1.165) is 52.8 Å². The zero-order valence-corrected chi connectivity index (χ0v) is 25.6. The lowest BCUT2D eigenvalue weighted by atomic mass is 9.86. The van der Waals surface area contributed by atoms with Gasteiger partial charge in [-0.15, -0.1) is 11.3 Å². The van der Waals surface area contributed by atoms with Crippen molar-refractivity contribution in [3.63, 3.8) is 0 Å². The summed E-state index contributed by atoms with van der Waals surface area (Å²) < 4.78 is 35.9. The van der Waals surface area contributed by atoms with Crippen molar-refractivity contribution in [1.29, 1.82) is 0 Å². The minimum absolute atomic E-state index is 0.0888. The number of fused-ring (bicyclic) bond motifs is 2. The Hall–Kier alpha value is -3.02. The van der Waals surface area contributed by atoms with Crippen LogP contribution in [0.1, 0.15) is 53.6 Å². The van der Waals surface area contributed by atoms with Crippen LogP contribution in [0, 0.1) is 0 Å². The molecule has 2 aromatic carbocycles. The molecule has 0 aliphatic heterocycles. The summed E-state index contributed by atoms with van der Waals surface area (Å²) in [4.78, 5) is 19.8. The number of aromatic nitrogens is 1. The van der Waals surface area contributed by atoms with Crippen LogP contribution in [-0.4, -0.2) is 45.4 Å². The second-order valence-corrected chi connectivity index (χ2v) is 14.0. The molecule has 0 fully saturated rings. The Morgan fingerprint density at radius 3 is 2.73 bits per heavy atom. The van der Waals surface area contributed by atoms with Crippen LogP contribution in [0.2, 0.25) is 5.02 Å². The number of hydrogen-bond acceptors (Lipinski definition) is 7. The average molecular weight is 613 g/mol. The first-order valence-electron chi connectivity index (χ1n) is 13.4. The monoisotopic (exact) mass is 612 g/mol. The smallest absolute Gasteiger partial charge is 0.250 e. The van der Waals surface area contributed by atoms with E-state index in [2.05, 4.69) is 38.1 Å². The first-order valence-corrected chi connectivity index (χ1v) is 16.1. The maximum Gasteiger partial charge on any atom is 0.250 e. The molecule has 41 heavy (non-hydrogen) atoms. The molecular formula is C30H33ClN4O4S2. The molecule has 0 unspecified atom stereocenters. The molecule has 1 aliphatic rings. The van der Waals surface area contributed by atoms with Crippen molar-refractivity contribution < 1.29 is 17.9 Å². The molecule has 1 amide bonds. The van der Waals surface area contributed by atoms with Gasteiger partial charge >= 0.3 is 0 Å². The van der Waals surface area contributed by atoms with Crippen LogP contribution < -0.4 is 14.8 Å². The number of carbonyl (C=O) groups is 1. The lowest BCUT2D eigenvalue weighted by molar-refractivity contribution is -0.122. The molecule has 11 heteroatoms. The van der Waals surface area contributed by atoms with Crippen LogP contribution in [0.25, 0.3) is 10.1 Å². The highest BCUT2D eigenvalue weighted by Gasteiger charge is 2.28. The number of ether oxygens (including phenoxy) is 1. The average Bonchev–Trinajstić information content (AvgIpc) is 3.37. The van der Waals surface area contributed by atoms with Gasteiger partial charge in [-0.25, -0.2) is 18.1 Å². The van der Waals surface area contributed by atoms with E-state index >= 15 is 0 Å². The number of aryl methyl sites for hydroxylation is 1. The fourth-order valence-corrected chi connectivity index (χ4v) is 8.03. The summed E-state index contributed by atoms with van der Waals surface area (Å²) in [6.45, 7) is 0.856. The van der Waals surface area contributed by atoms with Crippen molar-refractivity contribution in [3.8, 4) is 5.88 Å². The normalized spacial score (nSPS) is 16.0. The van der Waals surface area contributed by atoms with Gasteiger partial charge < -0.3 is 15.0 Å². The second kappa shape index (κ2) is 12.5. The number of hydrogen-bond donors (Lipinski definition) is 2. The summed E-state index contributed by atoms with van der Waals surface area (Å²) >= 11 is 7.26. The Kier molecular flexibility index (Phi) is 8.96. The Bertz CT molecular complexity index is 1660. The quantitative estimate of drug-likeness (QED) is 0.241. The molecule has 0 radical (unpaired) electrons. The fourth-order valence-electron chi connectivity index (χ4n) is 5.23. The second-order valence-electron chi connectivity index (χ2n) is 10.5. The van der Waals surface area contributed by atoms with Crippen molar-refractivity contribution in [3.05, 3.63) is 88.1 Å². The van der Waals surface area contributed by atoms with E-state index in [0.29, 0.717) is 16.5 Å². The molecule has 0 bridgehead atoms. The molecule has 0 saturated heterocycles. The van der Waals surface area contributed by atoms with Crippen molar-refractivity contribution in [2.45, 2.75) is 48.5 Å². The van der Waals surface area contributed by atoms with Gasteiger partial charge in [-0.1, -0.05) is 35.9 Å². The number of rotatable bonds is 10. The number of thiophene rings is 1. The first kappa shape index (κ1) is 29.5. The lowest BCUT2D eigenvalue weighted by Gasteiger charge is -2.28. The van der Waals surface area contributed by atoms with Gasteiger partial charge in [0.15, 0.2) is 0 Å². The van der Waals surface area contributed by atoms with Crippen LogP contribution in [0.15, 0.2) is 65.0 Å².